The van der Waals surface area contributed by atoms with Gasteiger partial charge >= 0.3 is 19.5 Å². The molecule has 0 saturated heterocycles. The molecule has 0 unspecified atom stereocenters. The molecule has 0 spiro atoms. The molecule has 0 nitrogen and oxygen atoms in total. The molecule has 0 aromatic heterocycles. The molecule has 0 N–H and O–H groups in total. The zero-order valence-electron chi connectivity index (χ0n) is 13.1. The van der Waals surface area contributed by atoms with Gasteiger partial charge in [-0.2, -0.15) is 12.2 Å². The molecule has 0 heterocycles. The van der Waals surface area contributed by atoms with Crippen LogP contribution in [0, 0.1) is 23.0 Å². The summed E-state index contributed by atoms with van der Waals surface area (Å²) in [6, 6.07) is 0. The maximum absolute atomic E-state index is 3.30. The summed E-state index contributed by atoms with van der Waals surface area (Å²) in [7, 11) is 0. The summed E-state index contributed by atoms with van der Waals surface area (Å²) in [5, 5.41) is 0. The zero-order chi connectivity index (χ0) is 13.8. The van der Waals surface area contributed by atoms with Gasteiger partial charge in [0.1, 0.15) is 0 Å². The molecule has 19 heavy (non-hydrogen) atoms. The average molecular weight is 343 g/mol. The van der Waals surface area contributed by atoms with E-state index < -0.39 is 0 Å². The Bertz CT molecular complexity index is 352. The third kappa shape index (κ3) is 6.52. The predicted molar refractivity (Wildman–Crippen MR) is 79.9 cm³/mol. The van der Waals surface area contributed by atoms with Crippen LogP contribution >= 0.6 is 0 Å². The van der Waals surface area contributed by atoms with E-state index in [1.54, 1.807) is 0 Å². The van der Waals surface area contributed by atoms with E-state index in [-0.39, 0.29) is 19.5 Å². The largest absolute Gasteiger partial charge is 2.00 e. The van der Waals surface area contributed by atoms with Crippen molar-refractivity contribution >= 4 is 0 Å². The van der Waals surface area contributed by atoms with Crippen LogP contribution in [0.5, 0.6) is 0 Å². The molecule has 0 aromatic rings. The van der Waals surface area contributed by atoms with Gasteiger partial charge in [-0.05, 0) is 10.8 Å². The summed E-state index contributed by atoms with van der Waals surface area (Å²) in [4.78, 5) is 0. The van der Waals surface area contributed by atoms with E-state index in [0.717, 1.165) is 12.8 Å². The van der Waals surface area contributed by atoms with E-state index in [4.69, 9.17) is 0 Å². The SMILES string of the molecule is CC(C)(C)C1=[C-]CC=C1.CC(C)(C)C1=[C-]CC=C1.[Ru+2]. The number of hydrogen-bond acceptors (Lipinski definition) is 0. The van der Waals surface area contributed by atoms with Crippen LogP contribution in [-0.2, 0) is 19.5 Å². The molecule has 2 aliphatic rings. The topological polar surface area (TPSA) is 0 Å². The molecule has 0 aromatic carbocycles. The molecule has 0 atom stereocenters. The van der Waals surface area contributed by atoms with Crippen LogP contribution in [0.2, 0.25) is 0 Å². The third-order valence-corrected chi connectivity index (χ3v) is 3.01. The maximum atomic E-state index is 3.30. The summed E-state index contributed by atoms with van der Waals surface area (Å²) < 4.78 is 0. The number of allylic oxidation sites excluding steroid dienone is 8. The minimum Gasteiger partial charge on any atom is -0.269 e. The van der Waals surface area contributed by atoms with E-state index in [0.29, 0.717) is 10.8 Å². The monoisotopic (exact) mass is 344 g/mol. The third-order valence-electron chi connectivity index (χ3n) is 3.01. The first-order chi connectivity index (χ1) is 8.21. The summed E-state index contributed by atoms with van der Waals surface area (Å²) >= 11 is 0. The Labute approximate surface area is 132 Å². The molecule has 2 aliphatic carbocycles. The molecule has 1 heteroatoms. The van der Waals surface area contributed by atoms with Gasteiger partial charge in [-0.15, -0.1) is 12.8 Å². The van der Waals surface area contributed by atoms with E-state index >= 15 is 0 Å². The van der Waals surface area contributed by atoms with Gasteiger partial charge < -0.3 is 0 Å². The van der Waals surface area contributed by atoms with Crippen LogP contribution in [0.25, 0.3) is 0 Å². The second-order valence-corrected chi connectivity index (χ2v) is 6.89. The number of hydrogen-bond donors (Lipinski definition) is 0. The van der Waals surface area contributed by atoms with Gasteiger partial charge in [-0.25, -0.2) is 23.3 Å². The van der Waals surface area contributed by atoms with Crippen LogP contribution in [0.15, 0.2) is 35.5 Å². The summed E-state index contributed by atoms with van der Waals surface area (Å²) in [6.45, 7) is 13.3. The van der Waals surface area contributed by atoms with Gasteiger partial charge in [0.2, 0.25) is 0 Å². The standard InChI is InChI=1S/2C9H13.Ru/c2*1-9(2,3)8-6-4-5-7-8;/h2*4,6H,5H2,1-3H3;/q2*-1;+2. The second-order valence-electron chi connectivity index (χ2n) is 6.89. The fourth-order valence-corrected chi connectivity index (χ4v) is 1.84. The molecule has 2 rings (SSSR count). The summed E-state index contributed by atoms with van der Waals surface area (Å²) in [6.07, 6.45) is 17.3. The summed E-state index contributed by atoms with van der Waals surface area (Å²) in [5.74, 6) is 0. The van der Waals surface area contributed by atoms with Gasteiger partial charge in [-0.3, -0.25) is 12.2 Å². The molecular formula is C18H26Ru. The van der Waals surface area contributed by atoms with Crippen molar-refractivity contribution in [3.63, 3.8) is 0 Å². The first kappa shape index (κ1) is 18.6. The van der Waals surface area contributed by atoms with Crippen molar-refractivity contribution in [3.05, 3.63) is 47.6 Å². The zero-order valence-corrected chi connectivity index (χ0v) is 14.8. The van der Waals surface area contributed by atoms with Crippen LogP contribution in [0.1, 0.15) is 54.4 Å². The smallest absolute Gasteiger partial charge is 0.269 e. The van der Waals surface area contributed by atoms with Crippen molar-refractivity contribution in [1.82, 2.24) is 0 Å². The second kappa shape index (κ2) is 7.39. The molecule has 0 fully saturated rings. The van der Waals surface area contributed by atoms with Crippen LogP contribution in [0.3, 0.4) is 0 Å². The molecule has 0 radical (unpaired) electrons. The Morgan fingerprint density at radius 1 is 0.737 bits per heavy atom. The first-order valence-corrected chi connectivity index (χ1v) is 6.77. The van der Waals surface area contributed by atoms with Crippen molar-refractivity contribution < 1.29 is 19.5 Å². The normalized spacial score (nSPS) is 17.4. The Kier molecular flexibility index (Phi) is 7.23. The predicted octanol–water partition coefficient (Wildman–Crippen LogP) is 5.44. The van der Waals surface area contributed by atoms with Gasteiger partial charge in [0.15, 0.2) is 0 Å². The van der Waals surface area contributed by atoms with E-state index in [1.165, 1.54) is 11.1 Å². The van der Waals surface area contributed by atoms with Gasteiger partial charge in [0.25, 0.3) is 0 Å². The van der Waals surface area contributed by atoms with Gasteiger partial charge in [0.05, 0.1) is 0 Å². The Morgan fingerprint density at radius 2 is 1.05 bits per heavy atom. The average Bonchev–Trinajstić information content (AvgIpc) is 2.91. The van der Waals surface area contributed by atoms with Gasteiger partial charge in [-0.1, -0.05) is 41.5 Å². The van der Waals surface area contributed by atoms with E-state index in [2.05, 4.69) is 78.0 Å². The number of rotatable bonds is 0. The fourth-order valence-electron chi connectivity index (χ4n) is 1.84. The maximum Gasteiger partial charge on any atom is 2.00 e. The van der Waals surface area contributed by atoms with Crippen molar-refractivity contribution in [2.24, 2.45) is 10.8 Å². The first-order valence-electron chi connectivity index (χ1n) is 6.77. The van der Waals surface area contributed by atoms with Crippen molar-refractivity contribution in [2.75, 3.05) is 0 Å². The van der Waals surface area contributed by atoms with Crippen molar-refractivity contribution in [3.8, 4) is 0 Å². The Hall–Kier alpha value is -0.417. The molecule has 0 amide bonds. The molecular weight excluding hydrogens is 317 g/mol. The molecule has 0 aliphatic heterocycles. The van der Waals surface area contributed by atoms with Crippen LogP contribution in [0.4, 0.5) is 0 Å². The van der Waals surface area contributed by atoms with Gasteiger partial charge in [0, 0.05) is 0 Å². The van der Waals surface area contributed by atoms with Crippen LogP contribution < -0.4 is 0 Å². The Balaban J connectivity index is 0.000000324. The molecule has 0 saturated carbocycles. The van der Waals surface area contributed by atoms with Crippen molar-refractivity contribution in [1.29, 1.82) is 0 Å². The van der Waals surface area contributed by atoms with Crippen LogP contribution in [-0.4, -0.2) is 0 Å². The summed E-state index contributed by atoms with van der Waals surface area (Å²) in [5.41, 5.74) is 3.30. The minimum atomic E-state index is 0. The molecule has 0 bridgehead atoms. The fraction of sp³-hybridized carbons (Fsp3) is 0.556. The minimum absolute atomic E-state index is 0. The van der Waals surface area contributed by atoms with Crippen molar-refractivity contribution in [2.45, 2.75) is 54.4 Å². The van der Waals surface area contributed by atoms with E-state index in [9.17, 15) is 0 Å². The molecule has 106 valence electrons. The quantitative estimate of drug-likeness (QED) is 0.406. The Morgan fingerprint density at radius 3 is 1.16 bits per heavy atom. The van der Waals surface area contributed by atoms with E-state index in [1.807, 2.05) is 0 Å².